The fourth-order valence-electron chi connectivity index (χ4n) is 3.42. The summed E-state index contributed by atoms with van der Waals surface area (Å²) in [5.41, 5.74) is 3.08. The van der Waals surface area contributed by atoms with Gasteiger partial charge in [-0.15, -0.1) is 0 Å². The predicted molar refractivity (Wildman–Crippen MR) is 100.0 cm³/mol. The normalized spacial score (nSPS) is 18.1. The number of nitrogens with one attached hydrogen (secondary N) is 1. The molecule has 0 unspecified atom stereocenters. The molecule has 0 spiro atoms. The van der Waals surface area contributed by atoms with E-state index < -0.39 is 10.0 Å². The Kier molecular flexibility index (Phi) is 4.47. The van der Waals surface area contributed by atoms with Crippen LogP contribution in [-0.4, -0.2) is 47.2 Å². The highest BCUT2D eigenvalue weighted by molar-refractivity contribution is 7.88. The highest BCUT2D eigenvalue weighted by atomic mass is 32.2. The van der Waals surface area contributed by atoms with Crippen LogP contribution in [-0.2, 0) is 23.1 Å². The van der Waals surface area contributed by atoms with Gasteiger partial charge in [-0.2, -0.15) is 0 Å². The van der Waals surface area contributed by atoms with E-state index in [0.717, 1.165) is 35.4 Å². The Morgan fingerprint density at radius 3 is 2.92 bits per heavy atom. The number of hydrogen-bond acceptors (Lipinski definition) is 5. The van der Waals surface area contributed by atoms with Gasteiger partial charge in [0, 0.05) is 37.8 Å². The molecule has 3 aromatic rings. The van der Waals surface area contributed by atoms with E-state index in [1.54, 1.807) is 6.33 Å². The minimum atomic E-state index is -3.22. The Hall–Kier alpha value is -2.29. The van der Waals surface area contributed by atoms with Gasteiger partial charge in [0.2, 0.25) is 10.0 Å². The Morgan fingerprint density at radius 1 is 1.23 bits per heavy atom. The molecule has 1 N–H and O–H groups in total. The summed E-state index contributed by atoms with van der Waals surface area (Å²) in [6.07, 6.45) is 4.80. The zero-order valence-electron chi connectivity index (χ0n) is 14.5. The molecule has 1 aliphatic heterocycles. The van der Waals surface area contributed by atoms with Gasteiger partial charge < -0.3 is 4.57 Å². The molecule has 3 heterocycles. The lowest BCUT2D eigenvalue weighted by molar-refractivity contribution is 0.176. The lowest BCUT2D eigenvalue weighted by Gasteiger charge is -2.34. The molecule has 0 saturated heterocycles. The number of para-hydroxylation sites is 1. The van der Waals surface area contributed by atoms with Crippen molar-refractivity contribution in [3.05, 3.63) is 60.3 Å². The van der Waals surface area contributed by atoms with Crippen LogP contribution in [0, 0.1) is 0 Å². The number of aromatic nitrogens is 3. The molecule has 1 atom stereocenters. The summed E-state index contributed by atoms with van der Waals surface area (Å²) in [5, 5.41) is 1.13. The molecular formula is C18H21N5O2S. The molecule has 0 radical (unpaired) electrons. The zero-order valence-corrected chi connectivity index (χ0v) is 15.4. The van der Waals surface area contributed by atoms with Crippen LogP contribution in [0.15, 0.2) is 48.9 Å². The molecule has 4 rings (SSSR count). The van der Waals surface area contributed by atoms with Crippen LogP contribution in [0.4, 0.5) is 0 Å². The Labute approximate surface area is 152 Å². The van der Waals surface area contributed by atoms with Crippen molar-refractivity contribution in [3.8, 4) is 0 Å². The van der Waals surface area contributed by atoms with Crippen LogP contribution in [0.5, 0.6) is 0 Å². The maximum Gasteiger partial charge on any atom is 0.208 e. The summed E-state index contributed by atoms with van der Waals surface area (Å²) >= 11 is 0. The van der Waals surface area contributed by atoms with Crippen molar-refractivity contribution in [1.29, 1.82) is 0 Å². The number of benzene rings is 1. The van der Waals surface area contributed by atoms with Crippen LogP contribution in [0.1, 0.15) is 17.4 Å². The first kappa shape index (κ1) is 17.1. The fourth-order valence-corrected chi connectivity index (χ4v) is 3.91. The van der Waals surface area contributed by atoms with Gasteiger partial charge in [-0.3, -0.25) is 9.88 Å². The first-order valence-electron chi connectivity index (χ1n) is 8.50. The second-order valence-corrected chi connectivity index (χ2v) is 8.56. The van der Waals surface area contributed by atoms with Crippen molar-refractivity contribution in [3.63, 3.8) is 0 Å². The van der Waals surface area contributed by atoms with E-state index in [0.29, 0.717) is 13.1 Å². The van der Waals surface area contributed by atoms with Gasteiger partial charge in [0.25, 0.3) is 0 Å². The van der Waals surface area contributed by atoms with Gasteiger partial charge in [0.05, 0.1) is 35.5 Å². The molecular weight excluding hydrogens is 350 g/mol. The van der Waals surface area contributed by atoms with Crippen LogP contribution in [0.2, 0.25) is 0 Å². The summed E-state index contributed by atoms with van der Waals surface area (Å²) in [5.74, 6) is 0. The lowest BCUT2D eigenvalue weighted by Crippen LogP contribution is -2.41. The van der Waals surface area contributed by atoms with Crippen LogP contribution >= 0.6 is 0 Å². The summed E-state index contributed by atoms with van der Waals surface area (Å²) in [6.45, 7) is 2.57. The van der Waals surface area contributed by atoms with Gasteiger partial charge in [-0.05, 0) is 12.1 Å². The van der Waals surface area contributed by atoms with Crippen LogP contribution in [0.3, 0.4) is 0 Å². The fraction of sp³-hybridized carbons (Fsp3) is 0.333. The Bertz CT molecular complexity index is 1030. The molecule has 8 heteroatoms. The molecule has 2 aromatic heterocycles. The Morgan fingerprint density at radius 2 is 2.08 bits per heavy atom. The molecule has 7 nitrogen and oxygen atoms in total. The van der Waals surface area contributed by atoms with E-state index >= 15 is 0 Å². The average molecular weight is 371 g/mol. The van der Waals surface area contributed by atoms with E-state index in [-0.39, 0.29) is 6.04 Å². The highest BCUT2D eigenvalue weighted by Gasteiger charge is 2.25. The van der Waals surface area contributed by atoms with Crippen molar-refractivity contribution < 1.29 is 8.42 Å². The molecule has 0 saturated carbocycles. The Balaban J connectivity index is 1.53. The van der Waals surface area contributed by atoms with Gasteiger partial charge in [-0.1, -0.05) is 24.3 Å². The number of hydrogen-bond donors (Lipinski definition) is 1. The smallest absolute Gasteiger partial charge is 0.208 e. The van der Waals surface area contributed by atoms with Gasteiger partial charge in [0.15, 0.2) is 0 Å². The quantitative estimate of drug-likeness (QED) is 0.736. The van der Waals surface area contributed by atoms with E-state index in [9.17, 15) is 8.42 Å². The maximum absolute atomic E-state index is 11.5. The molecule has 136 valence electrons. The molecule has 26 heavy (non-hydrogen) atoms. The third-order valence-corrected chi connectivity index (χ3v) is 5.31. The van der Waals surface area contributed by atoms with Gasteiger partial charge in [-0.25, -0.2) is 18.1 Å². The maximum atomic E-state index is 11.5. The van der Waals surface area contributed by atoms with Crippen molar-refractivity contribution in [1.82, 2.24) is 24.2 Å². The standard InChI is InChI=1S/C18H21N5O2S/c1-26(24,25)20-9-17-12-22(11-16-8-19-13-23(16)17)10-15-7-6-14-4-2-3-5-18(14)21-15/h2-8,13,17,20H,9-12H2,1H3/t17-/m1/s1. The third-order valence-electron chi connectivity index (χ3n) is 4.62. The summed E-state index contributed by atoms with van der Waals surface area (Å²) < 4.78 is 27.6. The largest absolute Gasteiger partial charge is 0.328 e. The minimum Gasteiger partial charge on any atom is -0.328 e. The monoisotopic (exact) mass is 371 g/mol. The van der Waals surface area contributed by atoms with Crippen molar-refractivity contribution in [2.45, 2.75) is 19.1 Å². The number of rotatable bonds is 5. The number of fused-ring (bicyclic) bond motifs is 2. The van der Waals surface area contributed by atoms with Gasteiger partial charge >= 0.3 is 0 Å². The van der Waals surface area contributed by atoms with Crippen molar-refractivity contribution in [2.75, 3.05) is 19.3 Å². The SMILES string of the molecule is CS(=O)(=O)NC[C@@H]1CN(Cc2ccc3ccccc3n2)Cc2cncn21. The zero-order chi connectivity index (χ0) is 18.1. The number of sulfonamides is 1. The van der Waals surface area contributed by atoms with Crippen molar-refractivity contribution >= 4 is 20.9 Å². The van der Waals surface area contributed by atoms with Crippen LogP contribution in [0.25, 0.3) is 10.9 Å². The molecule has 1 aromatic carbocycles. The van der Waals surface area contributed by atoms with Crippen molar-refractivity contribution in [2.24, 2.45) is 0 Å². The first-order chi connectivity index (χ1) is 12.5. The van der Waals surface area contributed by atoms with E-state index in [1.807, 2.05) is 24.4 Å². The summed E-state index contributed by atoms with van der Waals surface area (Å²) in [7, 11) is -3.22. The second kappa shape index (κ2) is 6.79. The highest BCUT2D eigenvalue weighted by Crippen LogP contribution is 2.22. The first-order valence-corrected chi connectivity index (χ1v) is 10.4. The third kappa shape index (κ3) is 3.77. The molecule has 0 amide bonds. The van der Waals surface area contributed by atoms with E-state index in [4.69, 9.17) is 4.98 Å². The molecule has 0 aliphatic carbocycles. The summed E-state index contributed by atoms with van der Waals surface area (Å²) in [6, 6.07) is 12.2. The topological polar surface area (TPSA) is 80.1 Å². The molecule has 0 bridgehead atoms. The number of nitrogens with zero attached hydrogens (tertiary/aromatic N) is 4. The molecule has 1 aliphatic rings. The second-order valence-electron chi connectivity index (χ2n) is 6.73. The predicted octanol–water partition coefficient (Wildman–Crippen LogP) is 1.54. The van der Waals surface area contributed by atoms with E-state index in [2.05, 4.69) is 37.4 Å². The minimum absolute atomic E-state index is 0.0106. The summed E-state index contributed by atoms with van der Waals surface area (Å²) in [4.78, 5) is 11.3. The van der Waals surface area contributed by atoms with Gasteiger partial charge in [0.1, 0.15) is 0 Å². The van der Waals surface area contributed by atoms with E-state index in [1.165, 1.54) is 6.26 Å². The molecule has 0 fully saturated rings. The lowest BCUT2D eigenvalue weighted by atomic mass is 10.1. The average Bonchev–Trinajstić information content (AvgIpc) is 3.07. The number of pyridine rings is 1. The van der Waals surface area contributed by atoms with Crippen LogP contribution < -0.4 is 4.72 Å². The number of imidazole rings is 1.